The molecule has 0 spiro atoms. The third kappa shape index (κ3) is 2.33. The van der Waals surface area contributed by atoms with Gasteiger partial charge < -0.3 is 10.8 Å². The van der Waals surface area contributed by atoms with Crippen LogP contribution in [0.25, 0.3) is 0 Å². The highest BCUT2D eigenvalue weighted by molar-refractivity contribution is 5.87. The number of hydrogen-bond donors (Lipinski definition) is 2. The number of benzene rings is 1. The van der Waals surface area contributed by atoms with E-state index in [0.29, 0.717) is 11.5 Å². The van der Waals surface area contributed by atoms with Crippen molar-refractivity contribution in [3.63, 3.8) is 0 Å². The molecule has 14 heavy (non-hydrogen) atoms. The van der Waals surface area contributed by atoms with Crippen molar-refractivity contribution in [3.8, 4) is 0 Å². The molecule has 0 saturated heterocycles. The Balaban J connectivity index is 2.88. The lowest BCUT2D eigenvalue weighted by Crippen LogP contribution is -2.16. The Morgan fingerprint density at radius 1 is 1.29 bits per heavy atom. The van der Waals surface area contributed by atoms with Crippen LogP contribution >= 0.6 is 0 Å². The molecule has 76 valence electrons. The first-order chi connectivity index (χ1) is 6.52. The van der Waals surface area contributed by atoms with Gasteiger partial charge in [-0.05, 0) is 23.6 Å². The Kier molecular flexibility index (Phi) is 3.25. The van der Waals surface area contributed by atoms with Crippen LogP contribution in [0.15, 0.2) is 24.3 Å². The van der Waals surface area contributed by atoms with E-state index in [1.165, 1.54) is 0 Å². The Labute approximate surface area is 83.6 Å². The van der Waals surface area contributed by atoms with E-state index in [9.17, 15) is 4.79 Å². The minimum Gasteiger partial charge on any atom is -0.478 e. The normalized spacial score (nSPS) is 12.9. The number of rotatable bonds is 3. The Bertz CT molecular complexity index is 317. The molecule has 0 aliphatic carbocycles. The first kappa shape index (κ1) is 10.7. The van der Waals surface area contributed by atoms with E-state index in [4.69, 9.17) is 10.8 Å². The summed E-state index contributed by atoms with van der Waals surface area (Å²) < 4.78 is 0. The zero-order valence-corrected chi connectivity index (χ0v) is 8.40. The molecule has 0 fully saturated rings. The van der Waals surface area contributed by atoms with Crippen molar-refractivity contribution in [1.29, 1.82) is 0 Å². The molecular formula is C11H15NO2. The Morgan fingerprint density at radius 3 is 2.14 bits per heavy atom. The van der Waals surface area contributed by atoms with Crippen LogP contribution < -0.4 is 5.73 Å². The molecule has 1 atom stereocenters. The van der Waals surface area contributed by atoms with Gasteiger partial charge in [0.15, 0.2) is 0 Å². The third-order valence-corrected chi connectivity index (χ3v) is 2.26. The van der Waals surface area contributed by atoms with Crippen LogP contribution in [0.2, 0.25) is 0 Å². The van der Waals surface area contributed by atoms with Gasteiger partial charge in [0.05, 0.1) is 5.56 Å². The Hall–Kier alpha value is -1.35. The molecule has 0 aliphatic rings. The van der Waals surface area contributed by atoms with Gasteiger partial charge in [-0.25, -0.2) is 4.79 Å². The molecule has 0 heterocycles. The van der Waals surface area contributed by atoms with Gasteiger partial charge in [0.1, 0.15) is 0 Å². The van der Waals surface area contributed by atoms with Gasteiger partial charge in [-0.1, -0.05) is 26.0 Å². The van der Waals surface area contributed by atoms with Crippen molar-refractivity contribution in [2.75, 3.05) is 0 Å². The van der Waals surface area contributed by atoms with Gasteiger partial charge in [-0.15, -0.1) is 0 Å². The smallest absolute Gasteiger partial charge is 0.335 e. The van der Waals surface area contributed by atoms with Crippen molar-refractivity contribution in [2.24, 2.45) is 11.7 Å². The predicted octanol–water partition coefficient (Wildman–Crippen LogP) is 2.04. The van der Waals surface area contributed by atoms with Crippen molar-refractivity contribution in [1.82, 2.24) is 0 Å². The minimum absolute atomic E-state index is 0.0298. The predicted molar refractivity (Wildman–Crippen MR) is 55.2 cm³/mol. The van der Waals surface area contributed by atoms with Gasteiger partial charge in [0.2, 0.25) is 0 Å². The van der Waals surface area contributed by atoms with Gasteiger partial charge in [-0.3, -0.25) is 0 Å². The zero-order valence-electron chi connectivity index (χ0n) is 8.40. The average Bonchev–Trinajstić information content (AvgIpc) is 2.16. The van der Waals surface area contributed by atoms with Crippen LogP contribution in [-0.2, 0) is 0 Å². The number of carboxylic acid groups (broad SMARTS) is 1. The summed E-state index contributed by atoms with van der Waals surface area (Å²) >= 11 is 0. The quantitative estimate of drug-likeness (QED) is 0.772. The van der Waals surface area contributed by atoms with Crippen LogP contribution in [0.4, 0.5) is 0 Å². The van der Waals surface area contributed by atoms with Crippen LogP contribution in [0, 0.1) is 5.92 Å². The number of carboxylic acids is 1. The van der Waals surface area contributed by atoms with Gasteiger partial charge in [0.25, 0.3) is 0 Å². The molecular weight excluding hydrogens is 178 g/mol. The molecule has 0 bridgehead atoms. The lowest BCUT2D eigenvalue weighted by Gasteiger charge is -2.15. The summed E-state index contributed by atoms with van der Waals surface area (Å²) in [5.74, 6) is -0.555. The van der Waals surface area contributed by atoms with E-state index in [1.807, 2.05) is 13.8 Å². The van der Waals surface area contributed by atoms with E-state index < -0.39 is 5.97 Å². The molecule has 0 aromatic heterocycles. The van der Waals surface area contributed by atoms with Crippen molar-refractivity contribution >= 4 is 5.97 Å². The molecule has 0 amide bonds. The van der Waals surface area contributed by atoms with Crippen LogP contribution in [-0.4, -0.2) is 11.1 Å². The molecule has 0 radical (unpaired) electrons. The lowest BCUT2D eigenvalue weighted by molar-refractivity contribution is 0.0697. The molecule has 0 unspecified atom stereocenters. The SMILES string of the molecule is CC(C)[C@H](N)c1ccc(C(=O)O)cc1. The fourth-order valence-electron chi connectivity index (χ4n) is 1.23. The van der Waals surface area contributed by atoms with Gasteiger partial charge in [-0.2, -0.15) is 0 Å². The lowest BCUT2D eigenvalue weighted by atomic mass is 9.96. The highest BCUT2D eigenvalue weighted by atomic mass is 16.4. The van der Waals surface area contributed by atoms with Crippen molar-refractivity contribution < 1.29 is 9.90 Å². The van der Waals surface area contributed by atoms with Gasteiger partial charge in [0, 0.05) is 6.04 Å². The maximum atomic E-state index is 10.6. The monoisotopic (exact) mass is 193 g/mol. The van der Waals surface area contributed by atoms with Crippen molar-refractivity contribution in [2.45, 2.75) is 19.9 Å². The van der Waals surface area contributed by atoms with E-state index >= 15 is 0 Å². The van der Waals surface area contributed by atoms with E-state index in [0.717, 1.165) is 5.56 Å². The number of carbonyl (C=O) groups is 1. The first-order valence-corrected chi connectivity index (χ1v) is 4.61. The fraction of sp³-hybridized carbons (Fsp3) is 0.364. The molecule has 3 nitrogen and oxygen atoms in total. The highest BCUT2D eigenvalue weighted by Crippen LogP contribution is 2.18. The minimum atomic E-state index is -0.908. The summed E-state index contributed by atoms with van der Waals surface area (Å²) in [5, 5.41) is 8.69. The second kappa shape index (κ2) is 4.24. The van der Waals surface area contributed by atoms with Gasteiger partial charge >= 0.3 is 5.97 Å². The highest BCUT2D eigenvalue weighted by Gasteiger charge is 2.10. The zero-order chi connectivity index (χ0) is 10.7. The molecule has 1 aromatic rings. The number of hydrogen-bond acceptors (Lipinski definition) is 2. The van der Waals surface area contributed by atoms with E-state index in [2.05, 4.69) is 0 Å². The molecule has 3 heteroatoms. The topological polar surface area (TPSA) is 63.3 Å². The van der Waals surface area contributed by atoms with E-state index in [1.54, 1.807) is 24.3 Å². The Morgan fingerprint density at radius 2 is 1.79 bits per heavy atom. The van der Waals surface area contributed by atoms with E-state index in [-0.39, 0.29) is 6.04 Å². The summed E-state index contributed by atoms with van der Waals surface area (Å²) in [6.07, 6.45) is 0. The standard InChI is InChI=1S/C11H15NO2/c1-7(2)10(12)8-3-5-9(6-4-8)11(13)14/h3-7,10H,12H2,1-2H3,(H,13,14)/t10-/m0/s1. The molecule has 0 aliphatic heterocycles. The maximum absolute atomic E-state index is 10.6. The second-order valence-electron chi connectivity index (χ2n) is 3.70. The summed E-state index contributed by atoms with van der Waals surface area (Å²) in [6, 6.07) is 6.68. The molecule has 0 saturated carbocycles. The molecule has 1 rings (SSSR count). The van der Waals surface area contributed by atoms with Crippen LogP contribution in [0.3, 0.4) is 0 Å². The van der Waals surface area contributed by atoms with Crippen molar-refractivity contribution in [3.05, 3.63) is 35.4 Å². The summed E-state index contributed by atoms with van der Waals surface area (Å²) in [4.78, 5) is 10.6. The summed E-state index contributed by atoms with van der Waals surface area (Å²) in [6.45, 7) is 4.07. The summed E-state index contributed by atoms with van der Waals surface area (Å²) in [5.41, 5.74) is 7.19. The fourth-order valence-corrected chi connectivity index (χ4v) is 1.23. The average molecular weight is 193 g/mol. The van der Waals surface area contributed by atoms with Crippen LogP contribution in [0.5, 0.6) is 0 Å². The second-order valence-corrected chi connectivity index (χ2v) is 3.70. The maximum Gasteiger partial charge on any atom is 0.335 e. The largest absolute Gasteiger partial charge is 0.478 e. The summed E-state index contributed by atoms with van der Waals surface area (Å²) in [7, 11) is 0. The molecule has 3 N–H and O–H groups in total. The number of aromatic carboxylic acids is 1. The first-order valence-electron chi connectivity index (χ1n) is 4.61. The van der Waals surface area contributed by atoms with Crippen LogP contribution in [0.1, 0.15) is 35.8 Å². The number of nitrogens with two attached hydrogens (primary N) is 1. The molecule has 1 aromatic carbocycles. The third-order valence-electron chi connectivity index (χ3n) is 2.26.